The number of nitrogens with two attached hydrogens (primary N) is 1. The van der Waals surface area contributed by atoms with E-state index in [1.165, 1.54) is 7.11 Å². The number of nitrogens with one attached hydrogen (secondary N) is 1. The molecule has 1 atom stereocenters. The number of amides is 1. The summed E-state index contributed by atoms with van der Waals surface area (Å²) in [6.07, 6.45) is 0. The number of benzene rings is 2. The fraction of sp³-hybridized carbons (Fsp3) is 0.133. The van der Waals surface area contributed by atoms with Crippen LogP contribution in [-0.2, 0) is 4.79 Å². The number of halogens is 1. The van der Waals surface area contributed by atoms with Gasteiger partial charge in [0.1, 0.15) is 11.8 Å². The van der Waals surface area contributed by atoms with Gasteiger partial charge in [0, 0.05) is 5.02 Å². The third-order valence-corrected chi connectivity index (χ3v) is 3.10. The highest BCUT2D eigenvalue weighted by Gasteiger charge is 2.17. The van der Waals surface area contributed by atoms with Gasteiger partial charge in [0.05, 0.1) is 12.8 Å². The Morgan fingerprint density at radius 2 is 1.95 bits per heavy atom. The van der Waals surface area contributed by atoms with Gasteiger partial charge in [0.2, 0.25) is 5.91 Å². The zero-order valence-corrected chi connectivity index (χ0v) is 11.7. The summed E-state index contributed by atoms with van der Waals surface area (Å²) < 4.78 is 5.17. The normalized spacial score (nSPS) is 11.8. The Morgan fingerprint density at radius 1 is 1.25 bits per heavy atom. The van der Waals surface area contributed by atoms with E-state index in [2.05, 4.69) is 5.32 Å². The van der Waals surface area contributed by atoms with Crippen LogP contribution in [0.15, 0.2) is 48.5 Å². The van der Waals surface area contributed by atoms with Crippen molar-refractivity contribution >= 4 is 23.2 Å². The fourth-order valence-corrected chi connectivity index (χ4v) is 1.97. The lowest BCUT2D eigenvalue weighted by atomic mass is 10.1. The molecule has 0 aliphatic heterocycles. The summed E-state index contributed by atoms with van der Waals surface area (Å²) in [4.78, 5) is 12.2. The molecular weight excluding hydrogens is 276 g/mol. The van der Waals surface area contributed by atoms with E-state index in [9.17, 15) is 4.79 Å². The number of ether oxygens (including phenoxy) is 1. The molecule has 5 heteroatoms. The van der Waals surface area contributed by atoms with Crippen LogP contribution in [-0.4, -0.2) is 13.0 Å². The van der Waals surface area contributed by atoms with Gasteiger partial charge in [0.25, 0.3) is 0 Å². The minimum Gasteiger partial charge on any atom is -0.495 e. The van der Waals surface area contributed by atoms with E-state index in [0.717, 1.165) is 5.56 Å². The van der Waals surface area contributed by atoms with E-state index in [1.807, 2.05) is 18.2 Å². The van der Waals surface area contributed by atoms with Crippen molar-refractivity contribution in [3.05, 3.63) is 59.1 Å². The minimum atomic E-state index is -0.750. The van der Waals surface area contributed by atoms with Crippen LogP contribution in [0.4, 0.5) is 5.69 Å². The Balaban J connectivity index is 2.18. The van der Waals surface area contributed by atoms with Crippen molar-refractivity contribution in [3.8, 4) is 5.75 Å². The summed E-state index contributed by atoms with van der Waals surface area (Å²) >= 11 is 5.92. The molecule has 0 saturated carbocycles. The Kier molecular flexibility index (Phi) is 4.61. The number of hydrogen-bond acceptors (Lipinski definition) is 3. The maximum Gasteiger partial charge on any atom is 0.245 e. The van der Waals surface area contributed by atoms with Gasteiger partial charge in [-0.15, -0.1) is 0 Å². The van der Waals surface area contributed by atoms with Crippen LogP contribution in [0, 0.1) is 0 Å². The molecule has 2 rings (SSSR count). The zero-order chi connectivity index (χ0) is 14.5. The Bertz CT molecular complexity index is 602. The molecule has 0 fully saturated rings. The monoisotopic (exact) mass is 290 g/mol. The van der Waals surface area contributed by atoms with E-state index in [0.29, 0.717) is 16.5 Å². The molecule has 0 saturated heterocycles. The number of anilines is 1. The van der Waals surface area contributed by atoms with Gasteiger partial charge in [-0.2, -0.15) is 0 Å². The van der Waals surface area contributed by atoms with Crippen LogP contribution in [0.5, 0.6) is 5.75 Å². The first kappa shape index (κ1) is 14.4. The highest BCUT2D eigenvalue weighted by atomic mass is 35.5. The highest BCUT2D eigenvalue weighted by Crippen LogP contribution is 2.28. The van der Waals surface area contributed by atoms with Gasteiger partial charge in [-0.3, -0.25) is 4.79 Å². The molecule has 0 spiro atoms. The highest BCUT2D eigenvalue weighted by molar-refractivity contribution is 6.31. The van der Waals surface area contributed by atoms with Crippen LogP contribution < -0.4 is 15.8 Å². The largest absolute Gasteiger partial charge is 0.495 e. The lowest BCUT2D eigenvalue weighted by Gasteiger charge is -2.14. The van der Waals surface area contributed by atoms with Crippen LogP contribution in [0.2, 0.25) is 5.02 Å². The number of carbonyl (C=O) groups excluding carboxylic acids is 1. The quantitative estimate of drug-likeness (QED) is 0.910. The molecule has 0 aromatic heterocycles. The molecule has 0 heterocycles. The van der Waals surface area contributed by atoms with Crippen LogP contribution >= 0.6 is 11.6 Å². The Labute approximate surface area is 122 Å². The van der Waals surface area contributed by atoms with E-state index in [1.54, 1.807) is 30.3 Å². The first-order valence-electron chi connectivity index (χ1n) is 6.06. The van der Waals surface area contributed by atoms with Crippen molar-refractivity contribution in [2.75, 3.05) is 12.4 Å². The van der Waals surface area contributed by atoms with Crippen molar-refractivity contribution < 1.29 is 9.53 Å². The minimum absolute atomic E-state index is 0.322. The van der Waals surface area contributed by atoms with Crippen molar-refractivity contribution in [2.24, 2.45) is 5.73 Å². The molecule has 20 heavy (non-hydrogen) atoms. The van der Waals surface area contributed by atoms with Crippen molar-refractivity contribution in [1.29, 1.82) is 0 Å². The van der Waals surface area contributed by atoms with Crippen LogP contribution in [0.3, 0.4) is 0 Å². The molecule has 2 aromatic carbocycles. The lowest BCUT2D eigenvalue weighted by Crippen LogP contribution is -2.27. The number of hydrogen-bond donors (Lipinski definition) is 2. The van der Waals surface area contributed by atoms with Crippen LogP contribution in [0.1, 0.15) is 11.6 Å². The average Bonchev–Trinajstić information content (AvgIpc) is 2.47. The standard InChI is InChI=1S/C15H15ClN2O2/c1-20-13-8-7-11(16)9-12(13)18-15(19)14(17)10-5-3-2-4-6-10/h2-9,14H,17H2,1H3,(H,18,19). The van der Waals surface area contributed by atoms with Gasteiger partial charge >= 0.3 is 0 Å². The summed E-state index contributed by atoms with van der Waals surface area (Å²) in [5, 5.41) is 3.24. The topological polar surface area (TPSA) is 64.3 Å². The number of methoxy groups -OCH3 is 1. The summed E-state index contributed by atoms with van der Waals surface area (Å²) in [5.74, 6) is 0.208. The van der Waals surface area contributed by atoms with Crippen molar-refractivity contribution in [1.82, 2.24) is 0 Å². The molecule has 104 valence electrons. The van der Waals surface area contributed by atoms with Gasteiger partial charge in [-0.25, -0.2) is 0 Å². The van der Waals surface area contributed by atoms with E-state index in [-0.39, 0.29) is 5.91 Å². The maximum atomic E-state index is 12.2. The van der Waals surface area contributed by atoms with Gasteiger partial charge in [-0.05, 0) is 23.8 Å². The molecule has 4 nitrogen and oxygen atoms in total. The molecule has 3 N–H and O–H groups in total. The summed E-state index contributed by atoms with van der Waals surface area (Å²) in [6.45, 7) is 0. The second-order valence-electron chi connectivity index (χ2n) is 4.22. The predicted molar refractivity (Wildman–Crippen MR) is 80.0 cm³/mol. The molecule has 2 aromatic rings. The third-order valence-electron chi connectivity index (χ3n) is 2.86. The molecule has 1 amide bonds. The van der Waals surface area contributed by atoms with Gasteiger partial charge < -0.3 is 15.8 Å². The van der Waals surface area contributed by atoms with Gasteiger partial charge in [-0.1, -0.05) is 41.9 Å². The summed E-state index contributed by atoms with van der Waals surface area (Å²) in [6, 6.07) is 13.4. The second-order valence-corrected chi connectivity index (χ2v) is 4.66. The zero-order valence-electron chi connectivity index (χ0n) is 11.0. The molecular formula is C15H15ClN2O2. The SMILES string of the molecule is COc1ccc(Cl)cc1NC(=O)C(N)c1ccccc1. The Morgan fingerprint density at radius 3 is 2.60 bits per heavy atom. The second kappa shape index (κ2) is 6.41. The fourth-order valence-electron chi connectivity index (χ4n) is 1.80. The van der Waals surface area contributed by atoms with E-state index >= 15 is 0 Å². The first-order chi connectivity index (χ1) is 9.61. The molecule has 0 radical (unpaired) electrons. The molecule has 0 aliphatic rings. The summed E-state index contributed by atoms with van der Waals surface area (Å²) in [5.41, 5.74) is 7.17. The summed E-state index contributed by atoms with van der Waals surface area (Å²) in [7, 11) is 1.52. The predicted octanol–water partition coefficient (Wildman–Crippen LogP) is 2.99. The third kappa shape index (κ3) is 3.29. The Hall–Kier alpha value is -2.04. The smallest absolute Gasteiger partial charge is 0.245 e. The maximum absolute atomic E-state index is 12.2. The number of carbonyl (C=O) groups is 1. The molecule has 0 aliphatic carbocycles. The van der Waals surface area contributed by atoms with Gasteiger partial charge in [0.15, 0.2) is 0 Å². The molecule has 1 unspecified atom stereocenters. The van der Waals surface area contributed by atoms with E-state index in [4.69, 9.17) is 22.1 Å². The lowest BCUT2D eigenvalue weighted by molar-refractivity contribution is -0.117. The first-order valence-corrected chi connectivity index (χ1v) is 6.44. The van der Waals surface area contributed by atoms with Crippen LogP contribution in [0.25, 0.3) is 0 Å². The van der Waals surface area contributed by atoms with E-state index < -0.39 is 6.04 Å². The average molecular weight is 291 g/mol. The molecule has 0 bridgehead atoms. The van der Waals surface area contributed by atoms with Crippen molar-refractivity contribution in [3.63, 3.8) is 0 Å². The van der Waals surface area contributed by atoms with Crippen molar-refractivity contribution in [2.45, 2.75) is 6.04 Å². The number of rotatable bonds is 4.